The molecule has 0 N–H and O–H groups in total. The fourth-order valence-corrected chi connectivity index (χ4v) is 1.96. The highest BCUT2D eigenvalue weighted by Gasteiger charge is 2.24. The molecule has 17 heavy (non-hydrogen) atoms. The molecule has 0 radical (unpaired) electrons. The number of Topliss-reactive ketones (excluding diaryl/α,β-unsaturated/α-hetero) is 1. The Balaban J connectivity index is 2.18. The van der Waals surface area contributed by atoms with Crippen molar-refractivity contribution in [2.75, 3.05) is 24.6 Å². The number of ketones is 1. The third-order valence-corrected chi connectivity index (χ3v) is 2.80. The van der Waals surface area contributed by atoms with Crippen molar-refractivity contribution in [1.29, 1.82) is 0 Å². The minimum absolute atomic E-state index is 0.0669. The summed E-state index contributed by atoms with van der Waals surface area (Å²) in [5, 5.41) is 0. The lowest BCUT2D eigenvalue weighted by atomic mass is 10.2. The lowest BCUT2D eigenvalue weighted by Gasteiger charge is -2.32. The average Bonchev–Trinajstić information content (AvgIpc) is 2.28. The molecule has 1 atom stereocenters. The monoisotopic (exact) mass is 235 g/mol. The van der Waals surface area contributed by atoms with E-state index in [9.17, 15) is 4.79 Å². The molecule has 0 bridgehead atoms. The molecular formula is C12H17N3O2. The first-order valence-corrected chi connectivity index (χ1v) is 5.75. The molecule has 92 valence electrons. The van der Waals surface area contributed by atoms with E-state index in [0.29, 0.717) is 13.2 Å². The van der Waals surface area contributed by atoms with Gasteiger partial charge in [0.2, 0.25) is 0 Å². The van der Waals surface area contributed by atoms with Gasteiger partial charge in [0.25, 0.3) is 0 Å². The molecule has 2 rings (SSSR count). The number of anilines is 1. The second-order valence-electron chi connectivity index (χ2n) is 4.33. The molecule has 1 unspecified atom stereocenters. The number of aryl methyl sites for hydroxylation is 2. The highest BCUT2D eigenvalue weighted by atomic mass is 16.5. The van der Waals surface area contributed by atoms with Crippen molar-refractivity contribution in [3.63, 3.8) is 0 Å². The lowest BCUT2D eigenvalue weighted by molar-refractivity contribution is -0.128. The van der Waals surface area contributed by atoms with Crippen molar-refractivity contribution in [2.45, 2.75) is 26.9 Å². The first-order chi connectivity index (χ1) is 8.06. The Morgan fingerprint density at radius 1 is 1.47 bits per heavy atom. The van der Waals surface area contributed by atoms with Gasteiger partial charge in [-0.15, -0.1) is 0 Å². The maximum atomic E-state index is 11.3. The van der Waals surface area contributed by atoms with Gasteiger partial charge in [0, 0.05) is 18.3 Å². The average molecular weight is 235 g/mol. The Morgan fingerprint density at radius 2 is 2.24 bits per heavy atom. The van der Waals surface area contributed by atoms with Crippen LogP contribution in [0, 0.1) is 13.8 Å². The fourth-order valence-electron chi connectivity index (χ4n) is 1.96. The van der Waals surface area contributed by atoms with Crippen LogP contribution in [0.5, 0.6) is 0 Å². The maximum absolute atomic E-state index is 11.3. The Hall–Kier alpha value is -1.49. The van der Waals surface area contributed by atoms with Crippen LogP contribution in [-0.2, 0) is 9.53 Å². The summed E-state index contributed by atoms with van der Waals surface area (Å²) < 4.78 is 5.42. The SMILES string of the molecule is CC(=O)C1CN(c2cc(C)nc(C)n2)CCO1. The number of aromatic nitrogens is 2. The molecule has 1 aliphatic heterocycles. The summed E-state index contributed by atoms with van der Waals surface area (Å²) >= 11 is 0. The first kappa shape index (κ1) is 12.0. The first-order valence-electron chi connectivity index (χ1n) is 5.75. The van der Waals surface area contributed by atoms with Crippen LogP contribution in [0.1, 0.15) is 18.4 Å². The smallest absolute Gasteiger partial charge is 0.160 e. The third kappa shape index (κ3) is 2.79. The van der Waals surface area contributed by atoms with Crippen LogP contribution in [-0.4, -0.2) is 41.6 Å². The van der Waals surface area contributed by atoms with E-state index < -0.39 is 0 Å². The predicted octanol–water partition coefficient (Wildman–Crippen LogP) is 0.888. The molecule has 5 heteroatoms. The van der Waals surface area contributed by atoms with Crippen molar-refractivity contribution in [3.05, 3.63) is 17.6 Å². The molecule has 0 spiro atoms. The zero-order valence-electron chi connectivity index (χ0n) is 10.4. The minimum atomic E-state index is -0.334. The maximum Gasteiger partial charge on any atom is 0.160 e. The van der Waals surface area contributed by atoms with Gasteiger partial charge < -0.3 is 9.64 Å². The molecule has 0 saturated carbocycles. The molecule has 0 aliphatic carbocycles. The van der Waals surface area contributed by atoms with Gasteiger partial charge in [-0.3, -0.25) is 4.79 Å². The van der Waals surface area contributed by atoms with Crippen molar-refractivity contribution in [1.82, 2.24) is 9.97 Å². The van der Waals surface area contributed by atoms with Gasteiger partial charge in [0.05, 0.1) is 13.2 Å². The zero-order valence-corrected chi connectivity index (χ0v) is 10.4. The zero-order chi connectivity index (χ0) is 12.4. The van der Waals surface area contributed by atoms with E-state index in [2.05, 4.69) is 14.9 Å². The minimum Gasteiger partial charge on any atom is -0.367 e. The molecule has 5 nitrogen and oxygen atoms in total. The lowest BCUT2D eigenvalue weighted by Crippen LogP contribution is -2.45. The molecule has 1 aliphatic rings. The van der Waals surface area contributed by atoms with E-state index in [4.69, 9.17) is 4.74 Å². The third-order valence-electron chi connectivity index (χ3n) is 2.80. The van der Waals surface area contributed by atoms with Gasteiger partial charge in [0.1, 0.15) is 17.7 Å². The topological polar surface area (TPSA) is 55.3 Å². The van der Waals surface area contributed by atoms with Crippen LogP contribution in [0.3, 0.4) is 0 Å². The van der Waals surface area contributed by atoms with Gasteiger partial charge >= 0.3 is 0 Å². The number of ether oxygens (including phenoxy) is 1. The van der Waals surface area contributed by atoms with Crippen molar-refractivity contribution < 1.29 is 9.53 Å². The molecule has 1 saturated heterocycles. The van der Waals surface area contributed by atoms with E-state index in [1.165, 1.54) is 0 Å². The standard InChI is InChI=1S/C12H17N3O2/c1-8-6-12(14-10(3)13-8)15-4-5-17-11(7-15)9(2)16/h6,11H,4-5,7H2,1-3H3. The Bertz CT molecular complexity index is 414. The molecule has 1 aromatic heterocycles. The van der Waals surface area contributed by atoms with E-state index in [1.54, 1.807) is 6.92 Å². The van der Waals surface area contributed by atoms with Gasteiger partial charge in [-0.25, -0.2) is 9.97 Å². The van der Waals surface area contributed by atoms with E-state index in [1.807, 2.05) is 19.9 Å². The Kier molecular flexibility index (Phi) is 3.38. The van der Waals surface area contributed by atoms with Crippen molar-refractivity contribution in [3.8, 4) is 0 Å². The van der Waals surface area contributed by atoms with E-state index in [-0.39, 0.29) is 11.9 Å². The van der Waals surface area contributed by atoms with Crippen LogP contribution in [0.25, 0.3) is 0 Å². The predicted molar refractivity (Wildman–Crippen MR) is 64.1 cm³/mol. The number of rotatable bonds is 2. The highest BCUT2D eigenvalue weighted by molar-refractivity contribution is 5.81. The number of carbonyl (C=O) groups is 1. The molecule has 1 fully saturated rings. The summed E-state index contributed by atoms with van der Waals surface area (Å²) in [5.41, 5.74) is 0.943. The van der Waals surface area contributed by atoms with Gasteiger partial charge in [-0.1, -0.05) is 0 Å². The summed E-state index contributed by atoms with van der Waals surface area (Å²) in [6.45, 7) is 7.28. The molecular weight excluding hydrogens is 218 g/mol. The number of morpholine rings is 1. The number of hydrogen-bond donors (Lipinski definition) is 0. The van der Waals surface area contributed by atoms with Crippen LogP contribution in [0.2, 0.25) is 0 Å². The highest BCUT2D eigenvalue weighted by Crippen LogP contribution is 2.16. The Morgan fingerprint density at radius 3 is 2.88 bits per heavy atom. The quantitative estimate of drug-likeness (QED) is 0.762. The van der Waals surface area contributed by atoms with Gasteiger partial charge in [-0.2, -0.15) is 0 Å². The summed E-state index contributed by atoms with van der Waals surface area (Å²) in [5.74, 6) is 1.70. The van der Waals surface area contributed by atoms with Crippen LogP contribution >= 0.6 is 0 Å². The summed E-state index contributed by atoms with van der Waals surface area (Å²) in [7, 11) is 0. The van der Waals surface area contributed by atoms with Crippen LogP contribution in [0.15, 0.2) is 6.07 Å². The van der Waals surface area contributed by atoms with E-state index >= 15 is 0 Å². The van der Waals surface area contributed by atoms with Gasteiger partial charge in [0.15, 0.2) is 5.78 Å². The molecule has 0 amide bonds. The molecule has 2 heterocycles. The molecule has 1 aromatic rings. The fraction of sp³-hybridized carbons (Fsp3) is 0.583. The summed E-state index contributed by atoms with van der Waals surface area (Å²) in [6.07, 6.45) is -0.334. The largest absolute Gasteiger partial charge is 0.367 e. The normalized spacial score (nSPS) is 20.4. The van der Waals surface area contributed by atoms with E-state index in [0.717, 1.165) is 23.9 Å². The number of carbonyl (C=O) groups excluding carboxylic acids is 1. The summed E-state index contributed by atoms with van der Waals surface area (Å²) in [6, 6.07) is 1.94. The molecule has 0 aromatic carbocycles. The van der Waals surface area contributed by atoms with Crippen LogP contribution in [0.4, 0.5) is 5.82 Å². The second kappa shape index (κ2) is 4.79. The van der Waals surface area contributed by atoms with Crippen LogP contribution < -0.4 is 4.90 Å². The van der Waals surface area contributed by atoms with Crippen molar-refractivity contribution in [2.24, 2.45) is 0 Å². The Labute approximate surface area is 101 Å². The second-order valence-corrected chi connectivity index (χ2v) is 4.33. The summed E-state index contributed by atoms with van der Waals surface area (Å²) in [4.78, 5) is 22.1. The van der Waals surface area contributed by atoms with Gasteiger partial charge in [-0.05, 0) is 20.8 Å². The van der Waals surface area contributed by atoms with Crippen molar-refractivity contribution >= 4 is 11.6 Å². The number of hydrogen-bond acceptors (Lipinski definition) is 5. The number of nitrogens with zero attached hydrogens (tertiary/aromatic N) is 3.